The highest BCUT2D eigenvalue weighted by Crippen LogP contribution is 2.31. The van der Waals surface area contributed by atoms with Gasteiger partial charge in [0, 0.05) is 5.56 Å². The number of carbonyl (C=O) groups excluding carboxylic acids is 1. The van der Waals surface area contributed by atoms with Crippen molar-refractivity contribution in [2.45, 2.75) is 6.18 Å². The highest BCUT2D eigenvalue weighted by atomic mass is 19.4. The summed E-state index contributed by atoms with van der Waals surface area (Å²) in [4.78, 5) is 10.3. The fraction of sp³-hybridized carbons (Fsp3) is 0.125. The summed E-state index contributed by atoms with van der Waals surface area (Å²) in [7, 11) is 0. The molecule has 0 saturated heterocycles. The zero-order valence-electron chi connectivity index (χ0n) is 6.80. The number of anilines is 1. The molecule has 0 aliphatic heterocycles. The predicted octanol–water partition coefficient (Wildman–Crippen LogP) is 2.32. The Morgan fingerprint density at radius 1 is 1.36 bits per heavy atom. The molecule has 3 nitrogen and oxygen atoms in total. The van der Waals surface area contributed by atoms with Gasteiger partial charge in [0.25, 0.3) is 0 Å². The van der Waals surface area contributed by atoms with E-state index in [1.807, 2.05) is 0 Å². The summed E-state index contributed by atoms with van der Waals surface area (Å²) in [5.41, 5.74) is 0.287. The van der Waals surface area contributed by atoms with Crippen molar-refractivity contribution < 1.29 is 23.2 Å². The molecule has 0 unspecified atom stereocenters. The second-order valence-electron chi connectivity index (χ2n) is 2.53. The topological polar surface area (TPSA) is 49.3 Å². The third-order valence-electron chi connectivity index (χ3n) is 1.63. The maximum absolute atomic E-state index is 12.1. The molecule has 0 heterocycles. The lowest BCUT2D eigenvalue weighted by atomic mass is 10.1. The van der Waals surface area contributed by atoms with Crippen LogP contribution in [0.15, 0.2) is 18.2 Å². The molecular weight excluding hydrogens is 199 g/mol. The van der Waals surface area contributed by atoms with E-state index in [0.29, 0.717) is 12.4 Å². The summed E-state index contributed by atoms with van der Waals surface area (Å²) >= 11 is 0. The van der Waals surface area contributed by atoms with Gasteiger partial charge >= 0.3 is 6.18 Å². The van der Waals surface area contributed by atoms with E-state index in [9.17, 15) is 18.0 Å². The van der Waals surface area contributed by atoms with Gasteiger partial charge in [0.2, 0.25) is 0 Å². The molecule has 0 aliphatic carbocycles. The molecule has 0 spiro atoms. The van der Waals surface area contributed by atoms with E-state index in [4.69, 9.17) is 5.21 Å². The van der Waals surface area contributed by atoms with Crippen LogP contribution in [0.3, 0.4) is 0 Å². The fourth-order valence-corrected chi connectivity index (χ4v) is 0.932. The van der Waals surface area contributed by atoms with E-state index in [-0.39, 0.29) is 11.3 Å². The van der Waals surface area contributed by atoms with Crippen molar-refractivity contribution in [3.05, 3.63) is 29.3 Å². The first kappa shape index (κ1) is 10.5. The third-order valence-corrected chi connectivity index (χ3v) is 1.63. The van der Waals surface area contributed by atoms with Crippen LogP contribution in [0.1, 0.15) is 15.9 Å². The average Bonchev–Trinajstić information content (AvgIpc) is 2.15. The number of hydrogen-bond donors (Lipinski definition) is 2. The van der Waals surface area contributed by atoms with Gasteiger partial charge in [-0.15, -0.1) is 0 Å². The molecule has 0 amide bonds. The number of halogens is 3. The Morgan fingerprint density at radius 3 is 2.43 bits per heavy atom. The van der Waals surface area contributed by atoms with Crippen molar-refractivity contribution >= 4 is 12.0 Å². The SMILES string of the molecule is O=Cc1ccc(C(F)(F)F)cc1NO. The molecular formula is C8H6F3NO2. The Hall–Kier alpha value is -1.56. The van der Waals surface area contributed by atoms with Crippen molar-refractivity contribution in [2.75, 3.05) is 5.48 Å². The first-order valence-corrected chi connectivity index (χ1v) is 3.55. The van der Waals surface area contributed by atoms with E-state index in [1.54, 1.807) is 0 Å². The number of hydrogen-bond acceptors (Lipinski definition) is 3. The zero-order chi connectivity index (χ0) is 10.8. The quantitative estimate of drug-likeness (QED) is 0.575. The monoisotopic (exact) mass is 205 g/mol. The molecule has 2 N–H and O–H groups in total. The lowest BCUT2D eigenvalue weighted by molar-refractivity contribution is -0.137. The summed E-state index contributed by atoms with van der Waals surface area (Å²) in [6.07, 6.45) is -4.15. The van der Waals surface area contributed by atoms with Gasteiger partial charge in [-0.1, -0.05) is 0 Å². The van der Waals surface area contributed by atoms with Crippen LogP contribution in [0.5, 0.6) is 0 Å². The molecule has 6 heteroatoms. The van der Waals surface area contributed by atoms with Crippen LogP contribution < -0.4 is 5.48 Å². The van der Waals surface area contributed by atoms with Crippen LogP contribution in [0.4, 0.5) is 18.9 Å². The number of nitrogens with one attached hydrogen (secondary N) is 1. The predicted molar refractivity (Wildman–Crippen MR) is 42.2 cm³/mol. The number of alkyl halides is 3. The summed E-state index contributed by atoms with van der Waals surface area (Å²) in [6.45, 7) is 0. The highest BCUT2D eigenvalue weighted by molar-refractivity contribution is 5.84. The zero-order valence-corrected chi connectivity index (χ0v) is 6.80. The Bertz CT molecular complexity index is 349. The van der Waals surface area contributed by atoms with E-state index < -0.39 is 11.7 Å². The minimum Gasteiger partial charge on any atom is -0.298 e. The van der Waals surface area contributed by atoms with Crippen LogP contribution in [-0.4, -0.2) is 11.5 Å². The maximum atomic E-state index is 12.1. The fourth-order valence-electron chi connectivity index (χ4n) is 0.932. The van der Waals surface area contributed by atoms with Crippen LogP contribution in [-0.2, 0) is 6.18 Å². The summed E-state index contributed by atoms with van der Waals surface area (Å²) in [5, 5.41) is 8.46. The van der Waals surface area contributed by atoms with Crippen molar-refractivity contribution in [2.24, 2.45) is 0 Å². The maximum Gasteiger partial charge on any atom is 0.416 e. The number of rotatable bonds is 2. The van der Waals surface area contributed by atoms with Gasteiger partial charge in [-0.2, -0.15) is 13.2 Å². The first-order chi connectivity index (χ1) is 6.49. The molecule has 0 fully saturated rings. The van der Waals surface area contributed by atoms with E-state index >= 15 is 0 Å². The van der Waals surface area contributed by atoms with Crippen molar-refractivity contribution in [1.82, 2.24) is 0 Å². The number of aldehydes is 1. The second-order valence-corrected chi connectivity index (χ2v) is 2.53. The minimum absolute atomic E-state index is 0.0412. The average molecular weight is 205 g/mol. The van der Waals surface area contributed by atoms with Gasteiger partial charge in [-0.3, -0.25) is 15.5 Å². The Kier molecular flexibility index (Phi) is 2.76. The largest absolute Gasteiger partial charge is 0.416 e. The lowest BCUT2D eigenvalue weighted by Gasteiger charge is -2.09. The molecule has 1 rings (SSSR count). The van der Waals surface area contributed by atoms with E-state index in [1.165, 1.54) is 5.48 Å². The van der Waals surface area contributed by atoms with E-state index in [0.717, 1.165) is 12.1 Å². The van der Waals surface area contributed by atoms with Gasteiger partial charge in [0.1, 0.15) is 0 Å². The molecule has 14 heavy (non-hydrogen) atoms. The molecule has 0 bridgehead atoms. The molecule has 0 saturated carbocycles. The van der Waals surface area contributed by atoms with E-state index in [2.05, 4.69) is 0 Å². The standard InChI is InChI=1S/C8H6F3NO2/c9-8(10,11)6-2-1-5(4-13)7(3-6)12-14/h1-4,12,14H. The number of benzene rings is 1. The molecule has 76 valence electrons. The molecule has 0 atom stereocenters. The van der Waals surface area contributed by atoms with Crippen LogP contribution in [0, 0.1) is 0 Å². The third kappa shape index (κ3) is 2.02. The molecule has 0 aromatic heterocycles. The summed E-state index contributed by atoms with van der Waals surface area (Å²) in [6, 6.07) is 2.41. The van der Waals surface area contributed by atoms with Crippen LogP contribution >= 0.6 is 0 Å². The Labute approximate surface area is 77.1 Å². The second kappa shape index (κ2) is 3.67. The Balaban J connectivity index is 3.21. The molecule has 1 aromatic carbocycles. The smallest absolute Gasteiger partial charge is 0.298 e. The molecule has 0 aliphatic rings. The van der Waals surface area contributed by atoms with Crippen molar-refractivity contribution in [3.8, 4) is 0 Å². The van der Waals surface area contributed by atoms with Crippen molar-refractivity contribution in [3.63, 3.8) is 0 Å². The first-order valence-electron chi connectivity index (χ1n) is 3.55. The normalized spacial score (nSPS) is 11.1. The summed E-state index contributed by atoms with van der Waals surface area (Å²) < 4.78 is 36.4. The van der Waals surface area contributed by atoms with Gasteiger partial charge in [-0.25, -0.2) is 0 Å². The van der Waals surface area contributed by atoms with Crippen LogP contribution in [0.25, 0.3) is 0 Å². The van der Waals surface area contributed by atoms with Gasteiger partial charge in [-0.05, 0) is 18.2 Å². The van der Waals surface area contributed by atoms with Crippen molar-refractivity contribution in [1.29, 1.82) is 0 Å². The molecule has 1 aromatic rings. The minimum atomic E-state index is -4.49. The van der Waals surface area contributed by atoms with Gasteiger partial charge in [0.05, 0.1) is 11.3 Å². The van der Waals surface area contributed by atoms with Gasteiger partial charge in [0.15, 0.2) is 6.29 Å². The summed E-state index contributed by atoms with van der Waals surface area (Å²) in [5.74, 6) is 0. The lowest BCUT2D eigenvalue weighted by Crippen LogP contribution is -2.06. The highest BCUT2D eigenvalue weighted by Gasteiger charge is 2.30. The van der Waals surface area contributed by atoms with Crippen LogP contribution in [0.2, 0.25) is 0 Å². The van der Waals surface area contributed by atoms with Gasteiger partial charge < -0.3 is 0 Å². The Morgan fingerprint density at radius 2 is 2.00 bits per heavy atom. The molecule has 0 radical (unpaired) electrons. The number of carbonyl (C=O) groups is 1.